The summed E-state index contributed by atoms with van der Waals surface area (Å²) in [5.41, 5.74) is 0. The SMILES string of the molecule is CC(C)CC1NCC(=O)N1CC1CCN(C)CC1. The van der Waals surface area contributed by atoms with Crippen molar-refractivity contribution >= 4 is 5.91 Å². The van der Waals surface area contributed by atoms with E-state index >= 15 is 0 Å². The molecule has 1 unspecified atom stereocenters. The Morgan fingerprint density at radius 2 is 2.00 bits per heavy atom. The summed E-state index contributed by atoms with van der Waals surface area (Å²) in [4.78, 5) is 16.4. The van der Waals surface area contributed by atoms with E-state index in [0.29, 0.717) is 24.3 Å². The van der Waals surface area contributed by atoms with Gasteiger partial charge < -0.3 is 9.80 Å². The van der Waals surface area contributed by atoms with Crippen LogP contribution in [-0.4, -0.2) is 55.1 Å². The topological polar surface area (TPSA) is 35.6 Å². The van der Waals surface area contributed by atoms with Gasteiger partial charge in [-0.2, -0.15) is 0 Å². The Hall–Kier alpha value is -0.610. The maximum absolute atomic E-state index is 12.0. The van der Waals surface area contributed by atoms with Crippen molar-refractivity contribution in [3.63, 3.8) is 0 Å². The summed E-state index contributed by atoms with van der Waals surface area (Å²) in [5.74, 6) is 1.62. The minimum Gasteiger partial charge on any atom is -0.326 e. The summed E-state index contributed by atoms with van der Waals surface area (Å²) >= 11 is 0. The molecule has 2 heterocycles. The standard InChI is InChI=1S/C14H27N3O/c1-11(2)8-13-15-9-14(18)17(13)10-12-4-6-16(3)7-5-12/h11-13,15H,4-10H2,1-3H3. The number of nitrogens with zero attached hydrogens (tertiary/aromatic N) is 2. The first-order chi connectivity index (χ1) is 8.56. The van der Waals surface area contributed by atoms with Crippen LogP contribution in [0.3, 0.4) is 0 Å². The van der Waals surface area contributed by atoms with E-state index in [1.807, 2.05) is 0 Å². The van der Waals surface area contributed by atoms with E-state index in [4.69, 9.17) is 0 Å². The molecule has 2 aliphatic heterocycles. The quantitative estimate of drug-likeness (QED) is 0.816. The number of carbonyl (C=O) groups excluding carboxylic acids is 1. The zero-order valence-corrected chi connectivity index (χ0v) is 12.0. The number of hydrogen-bond acceptors (Lipinski definition) is 3. The number of nitrogens with one attached hydrogen (secondary N) is 1. The third-order valence-corrected chi connectivity index (χ3v) is 4.17. The van der Waals surface area contributed by atoms with E-state index < -0.39 is 0 Å². The summed E-state index contributed by atoms with van der Waals surface area (Å²) < 4.78 is 0. The highest BCUT2D eigenvalue weighted by atomic mass is 16.2. The van der Waals surface area contributed by atoms with Crippen molar-refractivity contribution in [2.45, 2.75) is 39.3 Å². The number of rotatable bonds is 4. The zero-order chi connectivity index (χ0) is 13.1. The van der Waals surface area contributed by atoms with E-state index in [9.17, 15) is 4.79 Å². The third kappa shape index (κ3) is 3.45. The van der Waals surface area contributed by atoms with Crippen LogP contribution in [-0.2, 0) is 4.79 Å². The number of hydrogen-bond donors (Lipinski definition) is 1. The largest absolute Gasteiger partial charge is 0.326 e. The minimum absolute atomic E-state index is 0.275. The van der Waals surface area contributed by atoms with Crippen LogP contribution in [0.2, 0.25) is 0 Å². The Kier molecular flexibility index (Phi) is 4.62. The molecule has 4 heteroatoms. The Morgan fingerprint density at radius 1 is 1.33 bits per heavy atom. The number of carbonyl (C=O) groups is 1. The van der Waals surface area contributed by atoms with Crippen LogP contribution in [0, 0.1) is 11.8 Å². The Morgan fingerprint density at radius 3 is 2.61 bits per heavy atom. The lowest BCUT2D eigenvalue weighted by molar-refractivity contribution is -0.129. The van der Waals surface area contributed by atoms with Crippen molar-refractivity contribution in [1.82, 2.24) is 15.1 Å². The molecule has 2 rings (SSSR count). The van der Waals surface area contributed by atoms with E-state index in [0.717, 1.165) is 13.0 Å². The van der Waals surface area contributed by atoms with Gasteiger partial charge in [0.2, 0.25) is 5.91 Å². The maximum Gasteiger partial charge on any atom is 0.237 e. The molecule has 1 atom stereocenters. The fourth-order valence-corrected chi connectivity index (χ4v) is 3.00. The van der Waals surface area contributed by atoms with E-state index in [-0.39, 0.29) is 6.17 Å². The van der Waals surface area contributed by atoms with E-state index in [2.05, 4.69) is 36.0 Å². The second kappa shape index (κ2) is 6.02. The van der Waals surface area contributed by atoms with Gasteiger partial charge in [0, 0.05) is 6.54 Å². The second-order valence-corrected chi connectivity index (χ2v) is 6.32. The van der Waals surface area contributed by atoms with Crippen molar-refractivity contribution < 1.29 is 4.79 Å². The second-order valence-electron chi connectivity index (χ2n) is 6.32. The fraction of sp³-hybridized carbons (Fsp3) is 0.929. The molecule has 4 nitrogen and oxygen atoms in total. The molecule has 0 aliphatic carbocycles. The monoisotopic (exact) mass is 253 g/mol. The van der Waals surface area contributed by atoms with E-state index in [1.165, 1.54) is 25.9 Å². The Labute approximate surface area is 111 Å². The van der Waals surface area contributed by atoms with Gasteiger partial charge >= 0.3 is 0 Å². The first-order valence-corrected chi connectivity index (χ1v) is 7.27. The minimum atomic E-state index is 0.275. The molecule has 2 fully saturated rings. The normalized spacial score (nSPS) is 27.4. The summed E-state index contributed by atoms with van der Waals surface area (Å²) in [7, 11) is 2.18. The van der Waals surface area contributed by atoms with Crippen LogP contribution < -0.4 is 5.32 Å². The average molecular weight is 253 g/mol. The molecule has 1 N–H and O–H groups in total. The lowest BCUT2D eigenvalue weighted by Gasteiger charge is -2.34. The zero-order valence-electron chi connectivity index (χ0n) is 12.0. The van der Waals surface area contributed by atoms with Gasteiger partial charge in [0.05, 0.1) is 12.7 Å². The molecule has 0 aromatic carbocycles. The number of piperidine rings is 1. The van der Waals surface area contributed by atoms with Crippen LogP contribution in [0.15, 0.2) is 0 Å². The lowest BCUT2D eigenvalue weighted by atomic mass is 9.96. The molecule has 0 bridgehead atoms. The number of amides is 1. The molecule has 2 saturated heterocycles. The van der Waals surface area contributed by atoms with Gasteiger partial charge in [-0.3, -0.25) is 10.1 Å². The average Bonchev–Trinajstić information content (AvgIpc) is 2.64. The van der Waals surface area contributed by atoms with Crippen molar-refractivity contribution in [2.75, 3.05) is 33.2 Å². The molecular weight excluding hydrogens is 226 g/mol. The van der Waals surface area contributed by atoms with Gasteiger partial charge in [0.25, 0.3) is 0 Å². The summed E-state index contributed by atoms with van der Waals surface area (Å²) in [6.07, 6.45) is 3.80. The molecular formula is C14H27N3O. The van der Waals surface area contributed by atoms with Gasteiger partial charge in [-0.1, -0.05) is 13.8 Å². The molecule has 18 heavy (non-hydrogen) atoms. The molecule has 0 aromatic heterocycles. The third-order valence-electron chi connectivity index (χ3n) is 4.17. The first kappa shape index (κ1) is 13.8. The molecule has 0 spiro atoms. The Bertz CT molecular complexity index is 285. The van der Waals surface area contributed by atoms with Gasteiger partial charge in [0.1, 0.15) is 0 Å². The van der Waals surface area contributed by atoms with E-state index in [1.54, 1.807) is 0 Å². The molecule has 104 valence electrons. The Balaban J connectivity index is 1.87. The van der Waals surface area contributed by atoms with Gasteiger partial charge in [0.15, 0.2) is 0 Å². The smallest absolute Gasteiger partial charge is 0.237 e. The molecule has 2 aliphatic rings. The summed E-state index contributed by atoms with van der Waals surface area (Å²) in [6, 6.07) is 0. The predicted octanol–water partition coefficient (Wildman–Crippen LogP) is 1.13. The predicted molar refractivity (Wildman–Crippen MR) is 73.2 cm³/mol. The molecule has 0 radical (unpaired) electrons. The highest BCUT2D eigenvalue weighted by molar-refractivity contribution is 5.80. The summed E-state index contributed by atoms with van der Waals surface area (Å²) in [6.45, 7) is 8.28. The van der Waals surface area contributed by atoms with Crippen LogP contribution in [0.5, 0.6) is 0 Å². The van der Waals surface area contributed by atoms with Crippen LogP contribution >= 0.6 is 0 Å². The summed E-state index contributed by atoms with van der Waals surface area (Å²) in [5, 5.41) is 3.35. The first-order valence-electron chi connectivity index (χ1n) is 7.27. The fourth-order valence-electron chi connectivity index (χ4n) is 3.00. The molecule has 0 aromatic rings. The van der Waals surface area contributed by atoms with Crippen molar-refractivity contribution in [3.8, 4) is 0 Å². The van der Waals surface area contributed by atoms with Crippen molar-refractivity contribution in [1.29, 1.82) is 0 Å². The van der Waals surface area contributed by atoms with Crippen LogP contribution in [0.1, 0.15) is 33.1 Å². The van der Waals surface area contributed by atoms with Gasteiger partial charge in [-0.25, -0.2) is 0 Å². The van der Waals surface area contributed by atoms with Gasteiger partial charge in [-0.05, 0) is 51.2 Å². The lowest BCUT2D eigenvalue weighted by Crippen LogP contribution is -2.43. The molecule has 0 saturated carbocycles. The van der Waals surface area contributed by atoms with Gasteiger partial charge in [-0.15, -0.1) is 0 Å². The highest BCUT2D eigenvalue weighted by Crippen LogP contribution is 2.21. The van der Waals surface area contributed by atoms with Crippen LogP contribution in [0.25, 0.3) is 0 Å². The van der Waals surface area contributed by atoms with Crippen molar-refractivity contribution in [2.24, 2.45) is 11.8 Å². The van der Waals surface area contributed by atoms with Crippen LogP contribution in [0.4, 0.5) is 0 Å². The number of likely N-dealkylation sites (tertiary alicyclic amines) is 1. The maximum atomic E-state index is 12.0. The highest BCUT2D eigenvalue weighted by Gasteiger charge is 2.32. The van der Waals surface area contributed by atoms with Crippen molar-refractivity contribution in [3.05, 3.63) is 0 Å². The molecule has 1 amide bonds.